The molecule has 0 atom stereocenters. The Labute approximate surface area is 128 Å². The van der Waals surface area contributed by atoms with Crippen molar-refractivity contribution in [2.24, 2.45) is 5.92 Å². The van der Waals surface area contributed by atoms with Crippen LogP contribution in [0.15, 0.2) is 0 Å². The van der Waals surface area contributed by atoms with E-state index in [4.69, 9.17) is 0 Å². The molecule has 1 heterocycles. The molecule has 1 rings (SSSR count). The summed E-state index contributed by atoms with van der Waals surface area (Å²) in [6.07, 6.45) is 3.17. The average molecular weight is 298 g/mol. The molecule has 0 unspecified atom stereocenters. The lowest BCUT2D eigenvalue weighted by atomic mass is 9.97. The molecule has 122 valence electrons. The van der Waals surface area contributed by atoms with Crippen molar-refractivity contribution in [3.63, 3.8) is 0 Å². The number of carbonyl (C=O) groups excluding carboxylic acids is 2. The van der Waals surface area contributed by atoms with E-state index in [2.05, 4.69) is 34.7 Å². The zero-order chi connectivity index (χ0) is 15.7. The van der Waals surface area contributed by atoms with Gasteiger partial charge >= 0.3 is 6.03 Å². The van der Waals surface area contributed by atoms with Crippen LogP contribution in [0.4, 0.5) is 4.79 Å². The van der Waals surface area contributed by atoms with Gasteiger partial charge in [-0.1, -0.05) is 6.92 Å². The molecule has 3 amide bonds. The number of nitrogens with one attached hydrogen (secondary N) is 3. The zero-order valence-corrected chi connectivity index (χ0v) is 13.6. The summed E-state index contributed by atoms with van der Waals surface area (Å²) in [6, 6.07) is -0.100. The minimum atomic E-state index is -0.396. The standard InChI is InChI=1S/C15H30N4O2/c1-4-7-17-15(21)18-14(20)11-19(12(2)3)10-13-5-8-16-9-6-13/h12-13,16H,4-11H2,1-3H3,(H2,17,18,20,21). The van der Waals surface area contributed by atoms with Gasteiger partial charge in [-0.15, -0.1) is 0 Å². The monoisotopic (exact) mass is 298 g/mol. The molecule has 1 fully saturated rings. The second kappa shape index (κ2) is 9.73. The number of imide groups is 1. The second-order valence-electron chi connectivity index (χ2n) is 6.02. The van der Waals surface area contributed by atoms with E-state index in [1.165, 1.54) is 0 Å². The third kappa shape index (κ3) is 7.43. The number of amides is 3. The first kappa shape index (κ1) is 17.9. The summed E-state index contributed by atoms with van der Waals surface area (Å²) in [5.41, 5.74) is 0. The van der Waals surface area contributed by atoms with Crippen molar-refractivity contribution in [3.05, 3.63) is 0 Å². The maximum atomic E-state index is 11.9. The highest BCUT2D eigenvalue weighted by Gasteiger charge is 2.21. The number of urea groups is 1. The summed E-state index contributed by atoms with van der Waals surface area (Å²) in [5.74, 6) is 0.404. The van der Waals surface area contributed by atoms with E-state index in [1.807, 2.05) is 6.92 Å². The number of nitrogens with zero attached hydrogens (tertiary/aromatic N) is 1. The molecule has 0 aliphatic carbocycles. The molecule has 3 N–H and O–H groups in total. The summed E-state index contributed by atoms with van der Waals surface area (Å²) in [4.78, 5) is 25.6. The molecule has 6 heteroatoms. The Kier molecular flexibility index (Phi) is 8.30. The predicted molar refractivity (Wildman–Crippen MR) is 84.1 cm³/mol. The fourth-order valence-electron chi connectivity index (χ4n) is 2.49. The van der Waals surface area contributed by atoms with Crippen LogP contribution in [0.2, 0.25) is 0 Å². The minimum absolute atomic E-state index is 0.230. The second-order valence-corrected chi connectivity index (χ2v) is 6.02. The van der Waals surface area contributed by atoms with Gasteiger partial charge in [0.25, 0.3) is 0 Å². The van der Waals surface area contributed by atoms with Crippen molar-refractivity contribution < 1.29 is 9.59 Å². The zero-order valence-electron chi connectivity index (χ0n) is 13.6. The first-order valence-electron chi connectivity index (χ1n) is 8.05. The Morgan fingerprint density at radius 3 is 2.52 bits per heavy atom. The predicted octanol–water partition coefficient (Wildman–Crippen LogP) is 0.932. The van der Waals surface area contributed by atoms with Crippen molar-refractivity contribution in [3.8, 4) is 0 Å². The molecule has 0 aromatic heterocycles. The molecule has 1 aliphatic rings. The van der Waals surface area contributed by atoms with Crippen molar-refractivity contribution >= 4 is 11.9 Å². The van der Waals surface area contributed by atoms with Gasteiger partial charge in [-0.2, -0.15) is 0 Å². The molecule has 1 aliphatic heterocycles. The summed E-state index contributed by atoms with van der Waals surface area (Å²) < 4.78 is 0. The van der Waals surface area contributed by atoms with Crippen LogP contribution in [-0.4, -0.2) is 55.6 Å². The Balaban J connectivity index is 2.38. The Morgan fingerprint density at radius 1 is 1.29 bits per heavy atom. The van der Waals surface area contributed by atoms with Gasteiger partial charge in [0.2, 0.25) is 5.91 Å². The highest BCUT2D eigenvalue weighted by atomic mass is 16.2. The Bertz CT molecular complexity index is 328. The van der Waals surface area contributed by atoms with E-state index in [-0.39, 0.29) is 12.5 Å². The van der Waals surface area contributed by atoms with Gasteiger partial charge in [0, 0.05) is 19.1 Å². The van der Waals surface area contributed by atoms with Crippen molar-refractivity contribution in [1.82, 2.24) is 20.9 Å². The molecule has 0 aromatic carbocycles. The molecular weight excluding hydrogens is 268 g/mol. The molecule has 1 saturated heterocycles. The lowest BCUT2D eigenvalue weighted by Crippen LogP contribution is -2.48. The number of hydrogen-bond donors (Lipinski definition) is 3. The molecule has 0 aromatic rings. The normalized spacial score (nSPS) is 16.2. The van der Waals surface area contributed by atoms with Crippen LogP contribution in [0.25, 0.3) is 0 Å². The Morgan fingerprint density at radius 2 is 1.95 bits per heavy atom. The third-order valence-corrected chi connectivity index (χ3v) is 3.82. The lowest BCUT2D eigenvalue weighted by molar-refractivity contribution is -0.121. The molecule has 6 nitrogen and oxygen atoms in total. The summed E-state index contributed by atoms with van der Waals surface area (Å²) in [6.45, 7) is 10.1. The minimum Gasteiger partial charge on any atom is -0.338 e. The van der Waals surface area contributed by atoms with Gasteiger partial charge in [0.15, 0.2) is 0 Å². The van der Waals surface area contributed by atoms with Crippen LogP contribution in [0.1, 0.15) is 40.0 Å². The van der Waals surface area contributed by atoms with Crippen LogP contribution in [0.3, 0.4) is 0 Å². The number of carbonyl (C=O) groups is 2. The van der Waals surface area contributed by atoms with Gasteiger partial charge in [-0.25, -0.2) is 4.79 Å². The largest absolute Gasteiger partial charge is 0.338 e. The first-order valence-corrected chi connectivity index (χ1v) is 8.05. The van der Waals surface area contributed by atoms with E-state index in [1.54, 1.807) is 0 Å². The van der Waals surface area contributed by atoms with Gasteiger partial charge < -0.3 is 10.6 Å². The van der Waals surface area contributed by atoms with Gasteiger partial charge in [-0.05, 0) is 52.1 Å². The smallest absolute Gasteiger partial charge is 0.321 e. The molecular formula is C15H30N4O2. The van der Waals surface area contributed by atoms with E-state index >= 15 is 0 Å². The van der Waals surface area contributed by atoms with Crippen LogP contribution >= 0.6 is 0 Å². The molecule has 0 spiro atoms. The maximum Gasteiger partial charge on any atom is 0.321 e. The van der Waals surface area contributed by atoms with Crippen molar-refractivity contribution in [2.75, 3.05) is 32.7 Å². The maximum absolute atomic E-state index is 11.9. The first-order chi connectivity index (χ1) is 10.0. The molecule has 0 radical (unpaired) electrons. The van der Waals surface area contributed by atoms with Crippen molar-refractivity contribution in [2.45, 2.75) is 46.1 Å². The summed E-state index contributed by atoms with van der Waals surface area (Å²) >= 11 is 0. The Hall–Kier alpha value is -1.14. The fraction of sp³-hybridized carbons (Fsp3) is 0.867. The van der Waals surface area contributed by atoms with Gasteiger partial charge in [-0.3, -0.25) is 15.0 Å². The lowest BCUT2D eigenvalue weighted by Gasteiger charge is -2.32. The van der Waals surface area contributed by atoms with E-state index in [0.717, 1.165) is 38.9 Å². The topological polar surface area (TPSA) is 73.5 Å². The third-order valence-electron chi connectivity index (χ3n) is 3.82. The summed E-state index contributed by atoms with van der Waals surface area (Å²) in [5, 5.41) is 8.40. The summed E-state index contributed by atoms with van der Waals surface area (Å²) in [7, 11) is 0. The van der Waals surface area contributed by atoms with Crippen molar-refractivity contribution in [1.29, 1.82) is 0 Å². The van der Waals surface area contributed by atoms with E-state index in [0.29, 0.717) is 18.5 Å². The SMILES string of the molecule is CCCNC(=O)NC(=O)CN(CC1CCNCC1)C(C)C. The van der Waals surface area contributed by atoms with E-state index < -0.39 is 6.03 Å². The number of piperidine rings is 1. The van der Waals surface area contributed by atoms with Gasteiger partial charge in [0.05, 0.1) is 6.54 Å². The average Bonchev–Trinajstić information content (AvgIpc) is 2.45. The number of hydrogen-bond acceptors (Lipinski definition) is 4. The quantitative estimate of drug-likeness (QED) is 0.654. The van der Waals surface area contributed by atoms with Crippen LogP contribution < -0.4 is 16.0 Å². The van der Waals surface area contributed by atoms with Gasteiger partial charge in [0.1, 0.15) is 0 Å². The molecule has 21 heavy (non-hydrogen) atoms. The highest BCUT2D eigenvalue weighted by Crippen LogP contribution is 2.14. The van der Waals surface area contributed by atoms with Crippen LogP contribution in [-0.2, 0) is 4.79 Å². The van der Waals surface area contributed by atoms with E-state index in [9.17, 15) is 9.59 Å². The number of rotatable bonds is 7. The van der Waals surface area contributed by atoms with Crippen LogP contribution in [0.5, 0.6) is 0 Å². The highest BCUT2D eigenvalue weighted by molar-refractivity contribution is 5.95. The van der Waals surface area contributed by atoms with Crippen LogP contribution in [0, 0.1) is 5.92 Å². The molecule has 0 saturated carbocycles. The fourth-order valence-corrected chi connectivity index (χ4v) is 2.49. The molecule has 0 bridgehead atoms.